The van der Waals surface area contributed by atoms with Crippen LogP contribution in [0.2, 0.25) is 0 Å². The van der Waals surface area contributed by atoms with Crippen LogP contribution in [0.1, 0.15) is 22.2 Å². The average Bonchev–Trinajstić information content (AvgIpc) is 3.46. The number of thioether (sulfide) groups is 1. The SMILES string of the molecule is CSc1ccc(OCC(=O)N2N=C(c3cccs3)CC2c2cccs2)cc1. The van der Waals surface area contributed by atoms with Gasteiger partial charge in [-0.25, -0.2) is 5.01 Å². The van der Waals surface area contributed by atoms with Gasteiger partial charge in [-0.3, -0.25) is 4.79 Å². The zero-order valence-electron chi connectivity index (χ0n) is 14.7. The monoisotopic (exact) mass is 414 g/mol. The highest BCUT2D eigenvalue weighted by molar-refractivity contribution is 7.98. The number of hydrogen-bond acceptors (Lipinski definition) is 6. The van der Waals surface area contributed by atoms with Crippen molar-refractivity contribution in [3.8, 4) is 5.75 Å². The maximum atomic E-state index is 12.9. The highest BCUT2D eigenvalue weighted by Gasteiger charge is 2.34. The molecule has 1 aliphatic rings. The lowest BCUT2D eigenvalue weighted by Crippen LogP contribution is -2.31. The fourth-order valence-corrected chi connectivity index (χ4v) is 4.86. The quantitative estimate of drug-likeness (QED) is 0.515. The van der Waals surface area contributed by atoms with Gasteiger partial charge < -0.3 is 4.74 Å². The number of nitrogens with zero attached hydrogens (tertiary/aromatic N) is 2. The van der Waals surface area contributed by atoms with E-state index in [4.69, 9.17) is 4.74 Å². The average molecular weight is 415 g/mol. The Hall–Kier alpha value is -2.09. The Morgan fingerprint density at radius 2 is 1.96 bits per heavy atom. The van der Waals surface area contributed by atoms with Gasteiger partial charge >= 0.3 is 0 Å². The van der Waals surface area contributed by atoms with Crippen LogP contribution in [0.15, 0.2) is 69.3 Å². The summed E-state index contributed by atoms with van der Waals surface area (Å²) in [4.78, 5) is 16.3. The van der Waals surface area contributed by atoms with Gasteiger partial charge in [0.1, 0.15) is 5.75 Å². The Labute approximate surface area is 170 Å². The van der Waals surface area contributed by atoms with Crippen molar-refractivity contribution in [1.29, 1.82) is 0 Å². The number of hydrogen-bond donors (Lipinski definition) is 0. The molecule has 0 spiro atoms. The molecule has 0 saturated carbocycles. The van der Waals surface area contributed by atoms with Crippen LogP contribution in [0.3, 0.4) is 0 Å². The minimum atomic E-state index is -0.131. The highest BCUT2D eigenvalue weighted by Crippen LogP contribution is 2.36. The van der Waals surface area contributed by atoms with Crippen LogP contribution in [0.5, 0.6) is 5.75 Å². The topological polar surface area (TPSA) is 41.9 Å². The van der Waals surface area contributed by atoms with E-state index in [1.54, 1.807) is 39.4 Å². The molecule has 3 aromatic rings. The number of carbonyl (C=O) groups excluding carboxylic acids is 1. The molecular formula is C20H18N2O2S3. The third-order valence-electron chi connectivity index (χ3n) is 4.26. The Morgan fingerprint density at radius 3 is 2.63 bits per heavy atom. The van der Waals surface area contributed by atoms with Crippen LogP contribution in [0, 0.1) is 0 Å². The zero-order chi connectivity index (χ0) is 18.6. The molecule has 4 rings (SSSR count). The Bertz CT molecular complexity index is 919. The number of amides is 1. The summed E-state index contributed by atoms with van der Waals surface area (Å²) in [7, 11) is 0. The van der Waals surface area contributed by atoms with Gasteiger partial charge in [0, 0.05) is 16.2 Å². The molecule has 0 radical (unpaired) electrons. The molecule has 0 saturated heterocycles. The van der Waals surface area contributed by atoms with E-state index in [-0.39, 0.29) is 18.6 Å². The summed E-state index contributed by atoms with van der Waals surface area (Å²) in [5.74, 6) is 0.560. The number of hydrazone groups is 1. The molecular weight excluding hydrogens is 396 g/mol. The van der Waals surface area contributed by atoms with Crippen molar-refractivity contribution in [2.45, 2.75) is 17.4 Å². The van der Waals surface area contributed by atoms with Crippen LogP contribution >= 0.6 is 34.4 Å². The van der Waals surface area contributed by atoms with Crippen LogP contribution in [0.4, 0.5) is 0 Å². The van der Waals surface area contributed by atoms with E-state index in [2.05, 4.69) is 11.2 Å². The minimum Gasteiger partial charge on any atom is -0.484 e. The van der Waals surface area contributed by atoms with E-state index in [9.17, 15) is 4.79 Å². The predicted molar refractivity (Wildman–Crippen MR) is 113 cm³/mol. The number of rotatable bonds is 6. The highest BCUT2D eigenvalue weighted by atomic mass is 32.2. The van der Waals surface area contributed by atoms with Crippen LogP contribution in [-0.2, 0) is 4.79 Å². The number of ether oxygens (including phenoxy) is 1. The number of thiophene rings is 2. The third-order valence-corrected chi connectivity index (χ3v) is 6.90. The van der Waals surface area contributed by atoms with Crippen molar-refractivity contribution in [2.24, 2.45) is 5.10 Å². The van der Waals surface area contributed by atoms with Gasteiger partial charge in [-0.15, -0.1) is 34.4 Å². The molecule has 0 N–H and O–H groups in total. The van der Waals surface area contributed by atoms with E-state index < -0.39 is 0 Å². The molecule has 1 aromatic carbocycles. The van der Waals surface area contributed by atoms with Crippen molar-refractivity contribution in [1.82, 2.24) is 5.01 Å². The maximum Gasteiger partial charge on any atom is 0.281 e. The first-order valence-electron chi connectivity index (χ1n) is 8.48. The van der Waals surface area contributed by atoms with Gasteiger partial charge in [0.25, 0.3) is 5.91 Å². The van der Waals surface area contributed by atoms with E-state index in [0.717, 1.165) is 26.8 Å². The van der Waals surface area contributed by atoms with Crippen molar-refractivity contribution in [3.63, 3.8) is 0 Å². The minimum absolute atomic E-state index is 0.0261. The predicted octanol–water partition coefficient (Wildman–Crippen LogP) is 5.29. The van der Waals surface area contributed by atoms with Gasteiger partial charge in [-0.1, -0.05) is 12.1 Å². The molecule has 1 atom stereocenters. The van der Waals surface area contributed by atoms with E-state index in [1.807, 2.05) is 59.5 Å². The molecule has 1 unspecified atom stereocenters. The molecule has 4 nitrogen and oxygen atoms in total. The molecule has 0 fully saturated rings. The Balaban J connectivity index is 1.49. The molecule has 27 heavy (non-hydrogen) atoms. The second kappa shape index (κ2) is 8.29. The molecule has 1 aliphatic heterocycles. The number of carbonyl (C=O) groups is 1. The summed E-state index contributed by atoms with van der Waals surface area (Å²) in [6.07, 6.45) is 2.76. The fourth-order valence-electron chi connectivity index (χ4n) is 2.92. The molecule has 138 valence electrons. The summed E-state index contributed by atoms with van der Waals surface area (Å²) in [6, 6.07) is 15.8. The Morgan fingerprint density at radius 1 is 1.19 bits per heavy atom. The van der Waals surface area contributed by atoms with Gasteiger partial charge in [0.2, 0.25) is 0 Å². The molecule has 0 bridgehead atoms. The second-order valence-corrected chi connectivity index (χ2v) is 8.77. The standard InChI is InChI=1S/C20H18N2O2S3/c1-25-15-8-6-14(7-9-15)24-13-20(23)22-17(19-5-3-11-27-19)12-16(21-22)18-4-2-10-26-18/h2-11,17H,12-13H2,1H3. The summed E-state index contributed by atoms with van der Waals surface area (Å²) >= 11 is 4.97. The summed E-state index contributed by atoms with van der Waals surface area (Å²) in [5, 5.41) is 10.3. The molecule has 3 heterocycles. The molecule has 2 aromatic heterocycles. The first kappa shape index (κ1) is 18.3. The van der Waals surface area contributed by atoms with Crippen LogP contribution in [0.25, 0.3) is 0 Å². The maximum absolute atomic E-state index is 12.9. The summed E-state index contributed by atoms with van der Waals surface area (Å²) < 4.78 is 5.71. The van der Waals surface area contributed by atoms with Gasteiger partial charge in [0.05, 0.1) is 16.6 Å². The first-order valence-corrected chi connectivity index (χ1v) is 11.5. The first-order chi connectivity index (χ1) is 13.2. The Kier molecular flexibility index (Phi) is 5.61. The lowest BCUT2D eigenvalue weighted by molar-refractivity contribution is -0.135. The lowest BCUT2D eigenvalue weighted by atomic mass is 10.1. The smallest absolute Gasteiger partial charge is 0.281 e. The second-order valence-electron chi connectivity index (χ2n) is 5.96. The van der Waals surface area contributed by atoms with E-state index >= 15 is 0 Å². The third kappa shape index (κ3) is 4.10. The van der Waals surface area contributed by atoms with Crippen molar-refractivity contribution in [3.05, 3.63) is 69.0 Å². The molecule has 1 amide bonds. The molecule has 0 aliphatic carbocycles. The summed E-state index contributed by atoms with van der Waals surface area (Å²) in [6.45, 7) is -0.0261. The normalized spacial score (nSPS) is 16.4. The van der Waals surface area contributed by atoms with Crippen molar-refractivity contribution < 1.29 is 9.53 Å². The lowest BCUT2D eigenvalue weighted by Gasteiger charge is -2.20. The van der Waals surface area contributed by atoms with Gasteiger partial charge in [0.15, 0.2) is 6.61 Å². The zero-order valence-corrected chi connectivity index (χ0v) is 17.2. The van der Waals surface area contributed by atoms with Gasteiger partial charge in [-0.05, 0) is 53.4 Å². The number of benzene rings is 1. The van der Waals surface area contributed by atoms with E-state index in [1.165, 1.54) is 0 Å². The van der Waals surface area contributed by atoms with Crippen LogP contribution in [-0.4, -0.2) is 29.5 Å². The van der Waals surface area contributed by atoms with Gasteiger partial charge in [-0.2, -0.15) is 5.10 Å². The van der Waals surface area contributed by atoms with Crippen molar-refractivity contribution in [2.75, 3.05) is 12.9 Å². The van der Waals surface area contributed by atoms with Crippen LogP contribution < -0.4 is 4.74 Å². The van der Waals surface area contributed by atoms with E-state index in [0.29, 0.717) is 5.75 Å². The largest absolute Gasteiger partial charge is 0.484 e. The summed E-state index contributed by atoms with van der Waals surface area (Å²) in [5.41, 5.74) is 0.959. The molecule has 7 heteroatoms. The van der Waals surface area contributed by atoms with Crippen molar-refractivity contribution >= 4 is 46.1 Å². The fraction of sp³-hybridized carbons (Fsp3) is 0.200.